The SMILES string of the molecule is CCCCCCCCCCCCCCC(CCCCCCCCCCCCCC)(c1ccccc1)c1ccccc1. The molecule has 0 nitrogen and oxygen atoms in total. The van der Waals surface area contributed by atoms with Gasteiger partial charge in [-0.05, 0) is 24.0 Å². The molecule has 0 fully saturated rings. The van der Waals surface area contributed by atoms with Crippen LogP contribution < -0.4 is 0 Å². The first-order chi connectivity index (χ1) is 20.3. The molecule has 0 aliphatic carbocycles. The molecule has 0 aliphatic rings. The highest BCUT2D eigenvalue weighted by molar-refractivity contribution is 5.39. The quantitative estimate of drug-likeness (QED) is 0.0908. The van der Waals surface area contributed by atoms with Crippen molar-refractivity contribution in [1.82, 2.24) is 0 Å². The minimum Gasteiger partial charge on any atom is -0.0654 e. The molecule has 2 rings (SSSR count). The van der Waals surface area contributed by atoms with Crippen LogP contribution >= 0.6 is 0 Å². The molecular formula is C41H68. The average molecular weight is 561 g/mol. The van der Waals surface area contributed by atoms with Crippen LogP contribution in [0.5, 0.6) is 0 Å². The van der Waals surface area contributed by atoms with Gasteiger partial charge in [-0.1, -0.05) is 229 Å². The Bertz CT molecular complexity index is 722. The Labute approximate surface area is 257 Å². The molecule has 0 radical (unpaired) electrons. The molecule has 2 aromatic rings. The average Bonchev–Trinajstić information content (AvgIpc) is 3.02. The Morgan fingerprint density at radius 1 is 0.317 bits per heavy atom. The number of rotatable bonds is 28. The van der Waals surface area contributed by atoms with Gasteiger partial charge in [0.1, 0.15) is 0 Å². The first-order valence-electron chi connectivity index (χ1n) is 18.4. The van der Waals surface area contributed by atoms with Crippen LogP contribution in [0, 0.1) is 0 Å². The van der Waals surface area contributed by atoms with Crippen LogP contribution in [0.25, 0.3) is 0 Å². The maximum Gasteiger partial charge on any atom is 0.0202 e. The monoisotopic (exact) mass is 561 g/mol. The first-order valence-corrected chi connectivity index (χ1v) is 18.4. The molecule has 0 spiro atoms. The van der Waals surface area contributed by atoms with E-state index in [-0.39, 0.29) is 5.41 Å². The fourth-order valence-corrected chi connectivity index (χ4v) is 6.92. The van der Waals surface area contributed by atoms with Gasteiger partial charge >= 0.3 is 0 Å². The van der Waals surface area contributed by atoms with E-state index < -0.39 is 0 Å². The van der Waals surface area contributed by atoms with E-state index >= 15 is 0 Å². The van der Waals surface area contributed by atoms with Crippen molar-refractivity contribution < 1.29 is 0 Å². The molecule has 0 saturated heterocycles. The highest BCUT2D eigenvalue weighted by atomic mass is 14.4. The van der Waals surface area contributed by atoms with Crippen molar-refractivity contribution in [2.45, 2.75) is 186 Å². The largest absolute Gasteiger partial charge is 0.0654 e. The van der Waals surface area contributed by atoms with Crippen molar-refractivity contribution in [3.63, 3.8) is 0 Å². The predicted octanol–water partition coefficient (Wildman–Crippen LogP) is 14.2. The number of hydrogen-bond acceptors (Lipinski definition) is 0. The molecule has 41 heavy (non-hydrogen) atoms. The Morgan fingerprint density at radius 2 is 0.561 bits per heavy atom. The molecule has 0 unspecified atom stereocenters. The van der Waals surface area contributed by atoms with E-state index in [1.165, 1.54) is 178 Å². The Kier molecular flexibility index (Phi) is 21.7. The van der Waals surface area contributed by atoms with E-state index in [9.17, 15) is 0 Å². The summed E-state index contributed by atoms with van der Waals surface area (Å²) < 4.78 is 0. The zero-order valence-electron chi connectivity index (χ0n) is 27.7. The highest BCUT2D eigenvalue weighted by Gasteiger charge is 2.33. The molecule has 0 N–H and O–H groups in total. The van der Waals surface area contributed by atoms with Crippen LogP contribution in [0.2, 0.25) is 0 Å². The maximum absolute atomic E-state index is 2.41. The zero-order chi connectivity index (χ0) is 29.1. The molecule has 0 saturated carbocycles. The second-order valence-corrected chi connectivity index (χ2v) is 13.1. The summed E-state index contributed by atoms with van der Waals surface area (Å²) in [5.74, 6) is 0. The standard InChI is InChI=1S/C41H68/c1-3-5-7-9-11-13-15-17-19-21-23-31-37-41(39-33-27-25-28-34-39,40-35-29-26-30-36-40)38-32-24-22-20-18-16-14-12-10-8-6-4-2/h25-30,33-36H,3-24,31-32,37-38H2,1-2H3. The van der Waals surface area contributed by atoms with E-state index in [0.29, 0.717) is 0 Å². The summed E-state index contributed by atoms with van der Waals surface area (Å²) in [5, 5.41) is 0. The highest BCUT2D eigenvalue weighted by Crippen LogP contribution is 2.42. The molecule has 0 heterocycles. The Balaban J connectivity index is 1.78. The van der Waals surface area contributed by atoms with Gasteiger partial charge in [0, 0.05) is 5.41 Å². The van der Waals surface area contributed by atoms with Crippen molar-refractivity contribution in [2.24, 2.45) is 0 Å². The van der Waals surface area contributed by atoms with Gasteiger partial charge in [0.05, 0.1) is 0 Å². The van der Waals surface area contributed by atoms with Crippen molar-refractivity contribution >= 4 is 0 Å². The van der Waals surface area contributed by atoms with Gasteiger partial charge in [-0.15, -0.1) is 0 Å². The van der Waals surface area contributed by atoms with Crippen molar-refractivity contribution in [2.75, 3.05) is 0 Å². The molecular weight excluding hydrogens is 492 g/mol. The van der Waals surface area contributed by atoms with Gasteiger partial charge in [0.25, 0.3) is 0 Å². The fourth-order valence-electron chi connectivity index (χ4n) is 6.92. The fraction of sp³-hybridized carbons (Fsp3) is 0.707. The molecule has 0 aliphatic heterocycles. The van der Waals surface area contributed by atoms with E-state index in [0.717, 1.165) is 0 Å². The summed E-state index contributed by atoms with van der Waals surface area (Å²) in [5.41, 5.74) is 3.24. The lowest BCUT2D eigenvalue weighted by atomic mass is 9.68. The van der Waals surface area contributed by atoms with E-state index in [4.69, 9.17) is 0 Å². The second kappa shape index (κ2) is 25.0. The zero-order valence-corrected chi connectivity index (χ0v) is 27.7. The van der Waals surface area contributed by atoms with Gasteiger partial charge in [0.2, 0.25) is 0 Å². The van der Waals surface area contributed by atoms with E-state index in [1.54, 1.807) is 0 Å². The van der Waals surface area contributed by atoms with Gasteiger partial charge < -0.3 is 0 Å². The third kappa shape index (κ3) is 16.0. The molecule has 2 aromatic carbocycles. The molecule has 0 bridgehead atoms. The minimum absolute atomic E-state index is 0.166. The van der Waals surface area contributed by atoms with Crippen molar-refractivity contribution in [3.8, 4) is 0 Å². The number of unbranched alkanes of at least 4 members (excludes halogenated alkanes) is 22. The van der Waals surface area contributed by atoms with E-state index in [1.807, 2.05) is 0 Å². The molecule has 232 valence electrons. The minimum atomic E-state index is 0.166. The summed E-state index contributed by atoms with van der Waals surface area (Å²) in [4.78, 5) is 0. The summed E-state index contributed by atoms with van der Waals surface area (Å²) in [6, 6.07) is 23.1. The van der Waals surface area contributed by atoms with Crippen LogP contribution in [0.4, 0.5) is 0 Å². The summed E-state index contributed by atoms with van der Waals surface area (Å²) in [6.07, 6.45) is 36.7. The summed E-state index contributed by atoms with van der Waals surface area (Å²) >= 11 is 0. The lowest BCUT2D eigenvalue weighted by molar-refractivity contribution is 0.389. The third-order valence-corrected chi connectivity index (χ3v) is 9.57. The second-order valence-electron chi connectivity index (χ2n) is 13.1. The van der Waals surface area contributed by atoms with Gasteiger partial charge in [-0.3, -0.25) is 0 Å². The first kappa shape index (κ1) is 35.6. The molecule has 0 amide bonds. The normalized spacial score (nSPS) is 11.8. The number of benzene rings is 2. The predicted molar refractivity (Wildman–Crippen MR) is 185 cm³/mol. The Morgan fingerprint density at radius 3 is 0.829 bits per heavy atom. The van der Waals surface area contributed by atoms with Crippen LogP contribution in [0.3, 0.4) is 0 Å². The molecule has 0 heteroatoms. The van der Waals surface area contributed by atoms with Gasteiger partial charge in [0.15, 0.2) is 0 Å². The summed E-state index contributed by atoms with van der Waals surface area (Å²) in [6.45, 7) is 4.62. The van der Waals surface area contributed by atoms with Gasteiger partial charge in [-0.2, -0.15) is 0 Å². The third-order valence-electron chi connectivity index (χ3n) is 9.57. The Hall–Kier alpha value is -1.56. The lowest BCUT2D eigenvalue weighted by Gasteiger charge is -2.36. The van der Waals surface area contributed by atoms with Crippen molar-refractivity contribution in [1.29, 1.82) is 0 Å². The molecule has 0 aromatic heterocycles. The van der Waals surface area contributed by atoms with Crippen molar-refractivity contribution in [3.05, 3.63) is 71.8 Å². The van der Waals surface area contributed by atoms with Crippen LogP contribution in [0.15, 0.2) is 60.7 Å². The maximum atomic E-state index is 2.41. The number of hydrogen-bond donors (Lipinski definition) is 0. The summed E-state index contributed by atoms with van der Waals surface area (Å²) in [7, 11) is 0. The molecule has 0 atom stereocenters. The van der Waals surface area contributed by atoms with Crippen LogP contribution in [-0.4, -0.2) is 0 Å². The topological polar surface area (TPSA) is 0 Å². The van der Waals surface area contributed by atoms with Gasteiger partial charge in [-0.25, -0.2) is 0 Å². The lowest BCUT2D eigenvalue weighted by Crippen LogP contribution is -2.28. The van der Waals surface area contributed by atoms with E-state index in [2.05, 4.69) is 74.5 Å². The smallest absolute Gasteiger partial charge is 0.0202 e. The van der Waals surface area contributed by atoms with Crippen LogP contribution in [0.1, 0.15) is 192 Å². The van der Waals surface area contributed by atoms with Crippen LogP contribution in [-0.2, 0) is 5.41 Å².